The zero-order valence-electron chi connectivity index (χ0n) is 11.1. The molecule has 100 valence electrons. The Kier molecular flexibility index (Phi) is 3.32. The molecule has 1 heterocycles. The smallest absolute Gasteiger partial charge is 0.123 e. The molecule has 0 radical (unpaired) electrons. The van der Waals surface area contributed by atoms with Crippen LogP contribution < -0.4 is 0 Å². The molecule has 1 aliphatic carbocycles. The Morgan fingerprint density at radius 3 is 3.00 bits per heavy atom. The van der Waals surface area contributed by atoms with Crippen molar-refractivity contribution in [2.45, 2.75) is 38.6 Å². The minimum Gasteiger partial charge on any atom is -0.249 e. The zero-order valence-corrected chi connectivity index (χ0v) is 11.1. The third kappa shape index (κ3) is 2.67. The standard InChI is InChI=1S/C15H18FN3/c1-11-4-2-7-14(8-11)19-10-15(17-18-19)12-5-3-6-13(16)9-12/h3,5-6,9-11,14H,2,4,7-8H2,1H3/t11-,14+/m1/s1. The van der Waals surface area contributed by atoms with E-state index >= 15 is 0 Å². The lowest BCUT2D eigenvalue weighted by molar-refractivity contribution is 0.263. The summed E-state index contributed by atoms with van der Waals surface area (Å²) in [4.78, 5) is 0. The van der Waals surface area contributed by atoms with Gasteiger partial charge in [-0.15, -0.1) is 5.10 Å². The molecule has 0 unspecified atom stereocenters. The normalized spacial score (nSPS) is 23.5. The molecule has 0 bridgehead atoms. The summed E-state index contributed by atoms with van der Waals surface area (Å²) in [5.74, 6) is 0.513. The molecular formula is C15H18FN3. The van der Waals surface area contributed by atoms with E-state index in [0.717, 1.165) is 30.0 Å². The molecule has 3 rings (SSSR count). The van der Waals surface area contributed by atoms with Crippen molar-refractivity contribution in [3.8, 4) is 11.3 Å². The summed E-state index contributed by atoms with van der Waals surface area (Å²) in [5.41, 5.74) is 1.54. The summed E-state index contributed by atoms with van der Waals surface area (Å²) >= 11 is 0. The van der Waals surface area contributed by atoms with E-state index in [-0.39, 0.29) is 5.82 Å². The van der Waals surface area contributed by atoms with Crippen LogP contribution in [0.4, 0.5) is 4.39 Å². The predicted octanol–water partition coefficient (Wildman–Crippen LogP) is 3.84. The molecule has 0 amide bonds. The van der Waals surface area contributed by atoms with Crippen molar-refractivity contribution in [3.05, 3.63) is 36.3 Å². The van der Waals surface area contributed by atoms with Crippen molar-refractivity contribution in [1.29, 1.82) is 0 Å². The van der Waals surface area contributed by atoms with Gasteiger partial charge in [-0.05, 0) is 30.9 Å². The second-order valence-corrected chi connectivity index (χ2v) is 5.52. The molecule has 0 N–H and O–H groups in total. The molecule has 1 fully saturated rings. The summed E-state index contributed by atoms with van der Waals surface area (Å²) in [6.07, 6.45) is 6.82. The zero-order chi connectivity index (χ0) is 13.2. The van der Waals surface area contributed by atoms with Gasteiger partial charge in [0.05, 0.1) is 12.2 Å². The molecule has 1 aromatic carbocycles. The molecule has 1 aliphatic rings. The van der Waals surface area contributed by atoms with Crippen LogP contribution in [0.3, 0.4) is 0 Å². The van der Waals surface area contributed by atoms with Gasteiger partial charge in [-0.25, -0.2) is 9.07 Å². The first-order valence-electron chi connectivity index (χ1n) is 6.90. The monoisotopic (exact) mass is 259 g/mol. The van der Waals surface area contributed by atoms with E-state index in [2.05, 4.69) is 17.2 Å². The van der Waals surface area contributed by atoms with Crippen LogP contribution in [0.15, 0.2) is 30.5 Å². The SMILES string of the molecule is C[C@@H]1CCC[C@H](n2cc(-c3cccc(F)c3)nn2)C1. The number of benzene rings is 1. The second-order valence-electron chi connectivity index (χ2n) is 5.52. The number of hydrogen-bond donors (Lipinski definition) is 0. The van der Waals surface area contributed by atoms with Crippen LogP contribution in [0, 0.1) is 11.7 Å². The van der Waals surface area contributed by atoms with Gasteiger partial charge in [0.25, 0.3) is 0 Å². The minimum atomic E-state index is -0.238. The number of aromatic nitrogens is 3. The van der Waals surface area contributed by atoms with E-state index < -0.39 is 0 Å². The van der Waals surface area contributed by atoms with E-state index in [0.29, 0.717) is 6.04 Å². The van der Waals surface area contributed by atoms with Gasteiger partial charge in [-0.2, -0.15) is 0 Å². The van der Waals surface area contributed by atoms with Crippen LogP contribution in [0.2, 0.25) is 0 Å². The van der Waals surface area contributed by atoms with Gasteiger partial charge in [0.2, 0.25) is 0 Å². The van der Waals surface area contributed by atoms with E-state index in [4.69, 9.17) is 0 Å². The third-order valence-corrected chi connectivity index (χ3v) is 3.91. The van der Waals surface area contributed by atoms with E-state index in [1.165, 1.54) is 25.0 Å². The molecule has 0 spiro atoms. The van der Waals surface area contributed by atoms with Gasteiger partial charge < -0.3 is 0 Å². The first-order chi connectivity index (χ1) is 9.22. The summed E-state index contributed by atoms with van der Waals surface area (Å²) in [5, 5.41) is 8.40. The number of nitrogens with zero attached hydrogens (tertiary/aromatic N) is 3. The van der Waals surface area contributed by atoms with Gasteiger partial charge in [-0.1, -0.05) is 37.1 Å². The van der Waals surface area contributed by atoms with Gasteiger partial charge in [0, 0.05) is 5.56 Å². The largest absolute Gasteiger partial charge is 0.249 e. The van der Waals surface area contributed by atoms with E-state index in [1.54, 1.807) is 6.07 Å². The summed E-state index contributed by atoms with van der Waals surface area (Å²) < 4.78 is 15.2. The summed E-state index contributed by atoms with van der Waals surface area (Å²) in [6, 6.07) is 6.94. The maximum atomic E-state index is 13.2. The predicted molar refractivity (Wildman–Crippen MR) is 72.1 cm³/mol. The average Bonchev–Trinajstić information content (AvgIpc) is 2.88. The molecule has 19 heavy (non-hydrogen) atoms. The molecule has 0 aliphatic heterocycles. The number of hydrogen-bond acceptors (Lipinski definition) is 2. The Labute approximate surface area is 112 Å². The Bertz CT molecular complexity index is 564. The highest BCUT2D eigenvalue weighted by Crippen LogP contribution is 2.32. The van der Waals surface area contributed by atoms with Crippen LogP contribution in [0.25, 0.3) is 11.3 Å². The molecule has 2 atom stereocenters. The average molecular weight is 259 g/mol. The van der Waals surface area contributed by atoms with Gasteiger partial charge >= 0.3 is 0 Å². The topological polar surface area (TPSA) is 30.7 Å². The maximum Gasteiger partial charge on any atom is 0.123 e. The van der Waals surface area contributed by atoms with Crippen LogP contribution in [0.1, 0.15) is 38.6 Å². The lowest BCUT2D eigenvalue weighted by Gasteiger charge is -2.26. The molecule has 1 saturated carbocycles. The number of halogens is 1. The van der Waals surface area contributed by atoms with Crippen LogP contribution in [-0.2, 0) is 0 Å². The molecule has 4 heteroatoms. The first-order valence-corrected chi connectivity index (χ1v) is 6.90. The maximum absolute atomic E-state index is 13.2. The van der Waals surface area contributed by atoms with E-state index in [1.807, 2.05) is 16.9 Å². The fourth-order valence-electron chi connectivity index (χ4n) is 2.88. The molecule has 2 aromatic rings. The summed E-state index contributed by atoms with van der Waals surface area (Å²) in [6.45, 7) is 2.29. The van der Waals surface area contributed by atoms with Crippen LogP contribution >= 0.6 is 0 Å². The van der Waals surface area contributed by atoms with E-state index in [9.17, 15) is 4.39 Å². The van der Waals surface area contributed by atoms with Gasteiger partial charge in [0.1, 0.15) is 11.5 Å². The fourth-order valence-corrected chi connectivity index (χ4v) is 2.88. The van der Waals surface area contributed by atoms with Crippen molar-refractivity contribution in [2.75, 3.05) is 0 Å². The van der Waals surface area contributed by atoms with Crippen molar-refractivity contribution in [3.63, 3.8) is 0 Å². The Balaban J connectivity index is 1.83. The highest BCUT2D eigenvalue weighted by Gasteiger charge is 2.21. The van der Waals surface area contributed by atoms with Crippen molar-refractivity contribution in [2.24, 2.45) is 5.92 Å². The first kappa shape index (κ1) is 12.3. The summed E-state index contributed by atoms with van der Waals surface area (Å²) in [7, 11) is 0. The Morgan fingerprint density at radius 1 is 1.32 bits per heavy atom. The van der Waals surface area contributed by atoms with Gasteiger partial charge in [-0.3, -0.25) is 0 Å². The third-order valence-electron chi connectivity index (χ3n) is 3.91. The Morgan fingerprint density at radius 2 is 2.21 bits per heavy atom. The second kappa shape index (κ2) is 5.11. The van der Waals surface area contributed by atoms with Gasteiger partial charge in [0.15, 0.2) is 0 Å². The highest BCUT2D eigenvalue weighted by atomic mass is 19.1. The fraction of sp³-hybridized carbons (Fsp3) is 0.467. The lowest BCUT2D eigenvalue weighted by Crippen LogP contribution is -2.18. The molecule has 3 nitrogen and oxygen atoms in total. The van der Waals surface area contributed by atoms with Crippen molar-refractivity contribution >= 4 is 0 Å². The quantitative estimate of drug-likeness (QED) is 0.820. The van der Waals surface area contributed by atoms with Crippen LogP contribution in [0.5, 0.6) is 0 Å². The molecule has 1 aromatic heterocycles. The number of rotatable bonds is 2. The van der Waals surface area contributed by atoms with Crippen LogP contribution in [-0.4, -0.2) is 15.0 Å². The van der Waals surface area contributed by atoms with Crippen molar-refractivity contribution < 1.29 is 4.39 Å². The molecule has 0 saturated heterocycles. The Hall–Kier alpha value is -1.71. The lowest BCUT2D eigenvalue weighted by atomic mass is 9.87. The van der Waals surface area contributed by atoms with Crippen molar-refractivity contribution in [1.82, 2.24) is 15.0 Å². The highest BCUT2D eigenvalue weighted by molar-refractivity contribution is 5.57. The molecular weight excluding hydrogens is 241 g/mol. The minimum absolute atomic E-state index is 0.238.